The van der Waals surface area contributed by atoms with Crippen LogP contribution in [0.3, 0.4) is 0 Å². The van der Waals surface area contributed by atoms with Gasteiger partial charge in [-0.1, -0.05) is 42.1 Å². The first kappa shape index (κ1) is 22.9. The molecule has 5 rings (SSSR count). The van der Waals surface area contributed by atoms with Crippen molar-refractivity contribution in [2.24, 2.45) is 4.99 Å². The van der Waals surface area contributed by atoms with Crippen molar-refractivity contribution in [3.8, 4) is 5.75 Å². The second-order valence-corrected chi connectivity index (χ2v) is 9.82. The average Bonchev–Trinajstić information content (AvgIpc) is 3.26. The zero-order valence-corrected chi connectivity index (χ0v) is 19.7. The van der Waals surface area contributed by atoms with Gasteiger partial charge in [-0.05, 0) is 47.2 Å². The van der Waals surface area contributed by atoms with Crippen LogP contribution in [0, 0.1) is 11.6 Å². The molecule has 0 radical (unpaired) electrons. The summed E-state index contributed by atoms with van der Waals surface area (Å²) in [5.41, 5.74) is 2.05. The number of fused-ring (bicyclic) bond motifs is 2. The topological polar surface area (TPSA) is 74.6 Å². The number of nitrogens with zero attached hydrogens (tertiary/aromatic N) is 2. The number of hydrogen-bond acceptors (Lipinski definition) is 6. The molecule has 0 aliphatic heterocycles. The number of aromatic hydroxyl groups is 1. The number of carbonyl (C=O) groups excluding carboxylic acids is 1. The summed E-state index contributed by atoms with van der Waals surface area (Å²) >= 11 is 2.65. The summed E-state index contributed by atoms with van der Waals surface area (Å²) in [5, 5.41) is 14.7. The molecule has 0 spiro atoms. The highest BCUT2D eigenvalue weighted by Gasteiger charge is 2.11. The lowest BCUT2D eigenvalue weighted by atomic mass is 10.0. The van der Waals surface area contributed by atoms with E-state index in [0.717, 1.165) is 33.1 Å². The number of benzene rings is 4. The Bertz CT molecular complexity index is 1600. The molecule has 0 aliphatic rings. The fourth-order valence-electron chi connectivity index (χ4n) is 3.50. The zero-order valence-electron chi connectivity index (χ0n) is 18.0. The van der Waals surface area contributed by atoms with E-state index in [-0.39, 0.29) is 17.2 Å². The first-order chi connectivity index (χ1) is 17.0. The molecule has 0 fully saturated rings. The molecule has 35 heavy (non-hydrogen) atoms. The summed E-state index contributed by atoms with van der Waals surface area (Å²) in [7, 11) is 0. The average molecular weight is 506 g/mol. The van der Waals surface area contributed by atoms with Gasteiger partial charge in [-0.2, -0.15) is 0 Å². The Morgan fingerprint density at radius 3 is 2.80 bits per heavy atom. The molecule has 5 aromatic rings. The third-order valence-corrected chi connectivity index (χ3v) is 7.34. The molecule has 0 aliphatic carbocycles. The highest BCUT2D eigenvalue weighted by atomic mass is 32.2. The third kappa shape index (κ3) is 5.16. The van der Waals surface area contributed by atoms with E-state index < -0.39 is 17.5 Å². The Labute approximate surface area is 207 Å². The maximum atomic E-state index is 13.7. The van der Waals surface area contributed by atoms with Crippen LogP contribution in [-0.2, 0) is 4.79 Å². The van der Waals surface area contributed by atoms with Gasteiger partial charge in [0, 0.05) is 17.8 Å². The minimum Gasteiger partial charge on any atom is -0.507 e. The molecule has 4 aromatic carbocycles. The van der Waals surface area contributed by atoms with Gasteiger partial charge in [0.05, 0.1) is 27.3 Å². The van der Waals surface area contributed by atoms with E-state index in [9.17, 15) is 18.7 Å². The normalized spacial score (nSPS) is 11.5. The molecule has 1 amide bonds. The Kier molecular flexibility index (Phi) is 6.43. The van der Waals surface area contributed by atoms with Crippen molar-refractivity contribution in [3.05, 3.63) is 90.0 Å². The van der Waals surface area contributed by atoms with Crippen molar-refractivity contribution < 1.29 is 18.7 Å². The number of aromatic nitrogens is 1. The number of amides is 1. The highest BCUT2D eigenvalue weighted by Crippen LogP contribution is 2.33. The number of anilines is 1. The molecule has 174 valence electrons. The van der Waals surface area contributed by atoms with Crippen molar-refractivity contribution in [1.82, 2.24) is 4.98 Å². The van der Waals surface area contributed by atoms with Crippen molar-refractivity contribution in [3.63, 3.8) is 0 Å². The number of thioether (sulfide) groups is 1. The number of phenols is 1. The smallest absolute Gasteiger partial charge is 0.234 e. The van der Waals surface area contributed by atoms with E-state index in [1.165, 1.54) is 29.2 Å². The molecule has 2 N–H and O–H groups in total. The molecule has 0 bridgehead atoms. The van der Waals surface area contributed by atoms with Crippen LogP contribution in [0.15, 0.2) is 82.1 Å². The Morgan fingerprint density at radius 1 is 1.09 bits per heavy atom. The summed E-state index contributed by atoms with van der Waals surface area (Å²) in [6, 6.07) is 19.8. The predicted octanol–water partition coefficient (Wildman–Crippen LogP) is 6.91. The van der Waals surface area contributed by atoms with Gasteiger partial charge in [0.1, 0.15) is 17.4 Å². The summed E-state index contributed by atoms with van der Waals surface area (Å²) in [6.07, 6.45) is 1.65. The second kappa shape index (κ2) is 9.81. The second-order valence-electron chi connectivity index (χ2n) is 7.57. The van der Waals surface area contributed by atoms with Crippen LogP contribution in [0.4, 0.5) is 20.2 Å². The number of halogens is 2. The lowest BCUT2D eigenvalue weighted by Gasteiger charge is -2.05. The van der Waals surface area contributed by atoms with Crippen LogP contribution >= 0.6 is 23.1 Å². The number of rotatable bonds is 6. The fraction of sp³-hybridized carbons (Fsp3) is 0.0385. The first-order valence-electron chi connectivity index (χ1n) is 10.5. The highest BCUT2D eigenvalue weighted by molar-refractivity contribution is 8.01. The number of aliphatic imine (C=N–C) groups is 1. The molecule has 0 saturated carbocycles. The molecule has 1 aromatic heterocycles. The number of carbonyl (C=O) groups is 1. The largest absolute Gasteiger partial charge is 0.507 e. The zero-order chi connectivity index (χ0) is 24.4. The minimum absolute atomic E-state index is 0.0298. The number of nitrogens with one attached hydrogen (secondary N) is 1. The van der Waals surface area contributed by atoms with Crippen molar-refractivity contribution in [2.75, 3.05) is 11.1 Å². The molecule has 5 nitrogen and oxygen atoms in total. The van der Waals surface area contributed by atoms with Crippen molar-refractivity contribution in [2.45, 2.75) is 4.34 Å². The van der Waals surface area contributed by atoms with Crippen LogP contribution in [0.25, 0.3) is 21.0 Å². The van der Waals surface area contributed by atoms with Crippen molar-refractivity contribution >= 4 is 67.6 Å². The molecule has 9 heteroatoms. The van der Waals surface area contributed by atoms with Gasteiger partial charge in [0.25, 0.3) is 0 Å². The van der Waals surface area contributed by atoms with Crippen LogP contribution in [0.5, 0.6) is 5.75 Å². The maximum absolute atomic E-state index is 13.7. The summed E-state index contributed by atoms with van der Waals surface area (Å²) in [5.74, 6) is -1.76. The number of thiazole rings is 1. The molecule has 1 heterocycles. The van der Waals surface area contributed by atoms with Gasteiger partial charge in [-0.25, -0.2) is 13.8 Å². The Hall–Kier alpha value is -3.82. The fourth-order valence-corrected chi connectivity index (χ4v) is 5.40. The van der Waals surface area contributed by atoms with Crippen molar-refractivity contribution in [1.29, 1.82) is 0 Å². The van der Waals surface area contributed by atoms with E-state index in [4.69, 9.17) is 0 Å². The third-order valence-electron chi connectivity index (χ3n) is 5.17. The predicted molar refractivity (Wildman–Crippen MR) is 138 cm³/mol. The van der Waals surface area contributed by atoms with Gasteiger partial charge in [0.15, 0.2) is 4.34 Å². The first-order valence-corrected chi connectivity index (χ1v) is 12.3. The summed E-state index contributed by atoms with van der Waals surface area (Å²) < 4.78 is 28.3. The Morgan fingerprint density at radius 2 is 1.94 bits per heavy atom. The standard InChI is InChI=1S/C26H17F2N3O2S2/c27-16-6-8-21(20(28)11-16)30-25(33)14-34-26-31-22-9-7-17(12-24(22)35-26)29-13-19-18-4-2-1-3-15(18)5-10-23(19)32/h1-13,32H,14H2,(H,30,33). The van der Waals surface area contributed by atoms with E-state index in [1.54, 1.807) is 12.3 Å². The van der Waals surface area contributed by atoms with Gasteiger partial charge in [-0.3, -0.25) is 9.79 Å². The van der Waals surface area contributed by atoms with E-state index in [2.05, 4.69) is 15.3 Å². The molecule has 0 atom stereocenters. The summed E-state index contributed by atoms with van der Waals surface area (Å²) in [6.45, 7) is 0. The van der Waals surface area contributed by atoms with E-state index in [0.29, 0.717) is 15.6 Å². The molecule has 0 unspecified atom stereocenters. The Balaban J connectivity index is 1.29. The van der Waals surface area contributed by atoms with E-state index >= 15 is 0 Å². The van der Waals surface area contributed by atoms with Gasteiger partial charge in [0.2, 0.25) is 5.91 Å². The molecule has 0 saturated heterocycles. The SMILES string of the molecule is O=C(CSc1nc2ccc(N=Cc3c(O)ccc4ccccc34)cc2s1)Nc1ccc(F)cc1F. The quantitative estimate of drug-likeness (QED) is 0.194. The molecular formula is C26H17F2N3O2S2. The molecular weight excluding hydrogens is 488 g/mol. The summed E-state index contributed by atoms with van der Waals surface area (Å²) in [4.78, 5) is 21.2. The van der Waals surface area contributed by atoms with Gasteiger partial charge in [-0.15, -0.1) is 11.3 Å². The lowest BCUT2D eigenvalue weighted by Crippen LogP contribution is -2.15. The number of hydrogen-bond donors (Lipinski definition) is 2. The van der Waals surface area contributed by atoms with Crippen LogP contribution < -0.4 is 5.32 Å². The maximum Gasteiger partial charge on any atom is 0.234 e. The van der Waals surface area contributed by atoms with Gasteiger partial charge >= 0.3 is 0 Å². The van der Waals surface area contributed by atoms with Crippen LogP contribution in [-0.4, -0.2) is 28.0 Å². The van der Waals surface area contributed by atoms with Crippen LogP contribution in [0.2, 0.25) is 0 Å². The van der Waals surface area contributed by atoms with Gasteiger partial charge < -0.3 is 10.4 Å². The minimum atomic E-state index is -0.826. The lowest BCUT2D eigenvalue weighted by molar-refractivity contribution is -0.113. The number of phenolic OH excluding ortho intramolecular Hbond substituents is 1. The van der Waals surface area contributed by atoms with Crippen LogP contribution in [0.1, 0.15) is 5.56 Å². The monoisotopic (exact) mass is 505 g/mol. The van der Waals surface area contributed by atoms with E-state index in [1.807, 2.05) is 48.5 Å².